The summed E-state index contributed by atoms with van der Waals surface area (Å²) < 4.78 is 12.5. The summed E-state index contributed by atoms with van der Waals surface area (Å²) in [7, 11) is 4.28. The van der Waals surface area contributed by atoms with Gasteiger partial charge in [-0.15, -0.1) is 9.24 Å². The van der Waals surface area contributed by atoms with Gasteiger partial charge in [-0.05, 0) is 18.4 Å². The van der Waals surface area contributed by atoms with Gasteiger partial charge in [0.05, 0.1) is 11.9 Å². The van der Waals surface area contributed by atoms with Gasteiger partial charge in [0.1, 0.15) is 5.82 Å². The monoisotopic (exact) mass is 172 g/mol. The summed E-state index contributed by atoms with van der Waals surface area (Å²) in [4.78, 5) is 3.91. The Morgan fingerprint density at radius 2 is 2.45 bits per heavy atom. The fraction of sp³-hybridized carbons (Fsp3) is 0.286. The zero-order chi connectivity index (χ0) is 8.27. The number of nitrogens with one attached hydrogen (secondary N) is 1. The number of halogens is 1. The minimum atomic E-state index is -0.296. The first-order chi connectivity index (χ1) is 5.24. The molecule has 1 atom stereocenters. The summed E-state index contributed by atoms with van der Waals surface area (Å²) in [5.41, 5.74) is 0.860. The van der Waals surface area contributed by atoms with Crippen molar-refractivity contribution in [1.29, 1.82) is 0 Å². The highest BCUT2D eigenvalue weighted by molar-refractivity contribution is 7.27. The molecule has 0 amide bonds. The fourth-order valence-electron chi connectivity index (χ4n) is 0.798. The number of nitrogens with zero attached hydrogens (tertiary/aromatic N) is 1. The van der Waals surface area contributed by atoms with E-state index in [1.54, 1.807) is 0 Å². The Bertz CT molecular complexity index is 252. The molecule has 1 aromatic rings. The molecule has 0 aliphatic heterocycles. The Morgan fingerprint density at radius 1 is 1.73 bits per heavy atom. The lowest BCUT2D eigenvalue weighted by atomic mass is 10.3. The van der Waals surface area contributed by atoms with Gasteiger partial charge in [-0.2, -0.15) is 0 Å². The number of pyridine rings is 1. The van der Waals surface area contributed by atoms with Gasteiger partial charge < -0.3 is 5.32 Å². The third kappa shape index (κ3) is 2.21. The van der Waals surface area contributed by atoms with Crippen LogP contribution in [0.2, 0.25) is 0 Å². The lowest BCUT2D eigenvalue weighted by molar-refractivity contribution is 0.619. The highest BCUT2D eigenvalue weighted by Gasteiger charge is 1.99. The average molecular weight is 172 g/mol. The van der Waals surface area contributed by atoms with Crippen molar-refractivity contribution in [2.24, 2.45) is 0 Å². The molecule has 0 saturated heterocycles. The van der Waals surface area contributed by atoms with Gasteiger partial charge in [0.15, 0.2) is 0 Å². The highest BCUT2D eigenvalue weighted by Crippen LogP contribution is 1.99. The van der Waals surface area contributed by atoms with E-state index < -0.39 is 0 Å². The molecule has 1 N–H and O–H groups in total. The zero-order valence-corrected chi connectivity index (χ0v) is 7.42. The molecule has 11 heavy (non-hydrogen) atoms. The third-order valence-electron chi connectivity index (χ3n) is 1.31. The van der Waals surface area contributed by atoms with Crippen LogP contribution in [0, 0.1) is 5.82 Å². The Balaban J connectivity index is 2.90. The second-order valence-corrected chi connectivity index (χ2v) is 2.84. The van der Waals surface area contributed by atoms with Gasteiger partial charge in [0, 0.05) is 6.54 Å². The summed E-state index contributed by atoms with van der Waals surface area (Å²) in [6, 6.07) is 1.45. The minimum absolute atomic E-state index is 0.296. The van der Waals surface area contributed by atoms with E-state index in [0.717, 1.165) is 11.0 Å². The van der Waals surface area contributed by atoms with Gasteiger partial charge in [-0.1, -0.05) is 0 Å². The molecule has 0 aliphatic rings. The second kappa shape index (κ2) is 3.74. The maximum atomic E-state index is 12.5. The first-order valence-corrected chi connectivity index (χ1v) is 3.86. The molecular weight excluding hydrogens is 162 g/mol. The molecule has 4 heteroatoms. The normalized spacial score (nSPS) is 10.1. The molecule has 1 aromatic heterocycles. The first kappa shape index (κ1) is 8.57. The van der Waals surface area contributed by atoms with Crippen LogP contribution in [0.4, 0.5) is 4.39 Å². The Labute approximate surface area is 67.4 Å². The SMILES string of the molecule is CNCc1ncc(F)cc1P. The van der Waals surface area contributed by atoms with Crippen molar-refractivity contribution in [1.82, 2.24) is 10.3 Å². The van der Waals surface area contributed by atoms with Gasteiger partial charge in [-0.3, -0.25) is 4.98 Å². The molecule has 1 heterocycles. The lowest BCUT2D eigenvalue weighted by Gasteiger charge is -2.02. The van der Waals surface area contributed by atoms with E-state index in [1.165, 1.54) is 12.3 Å². The highest BCUT2D eigenvalue weighted by atomic mass is 31.0. The maximum absolute atomic E-state index is 12.5. The molecule has 1 unspecified atom stereocenters. The molecule has 0 saturated carbocycles. The average Bonchev–Trinajstić information content (AvgIpc) is 1.95. The smallest absolute Gasteiger partial charge is 0.142 e. The Morgan fingerprint density at radius 3 is 3.00 bits per heavy atom. The van der Waals surface area contributed by atoms with Crippen molar-refractivity contribution in [2.45, 2.75) is 6.54 Å². The van der Waals surface area contributed by atoms with Crippen molar-refractivity contribution in [3.05, 3.63) is 23.8 Å². The van der Waals surface area contributed by atoms with Crippen molar-refractivity contribution >= 4 is 14.5 Å². The van der Waals surface area contributed by atoms with E-state index in [-0.39, 0.29) is 5.82 Å². The van der Waals surface area contributed by atoms with Crippen molar-refractivity contribution in [3.8, 4) is 0 Å². The minimum Gasteiger partial charge on any atom is -0.314 e. The topological polar surface area (TPSA) is 24.9 Å². The van der Waals surface area contributed by atoms with Gasteiger partial charge in [0.2, 0.25) is 0 Å². The molecule has 0 spiro atoms. The standard InChI is InChI=1S/C7H10FN2P/c1-9-4-6-7(11)2-5(8)3-10-6/h2-3,9H,4,11H2,1H3. The lowest BCUT2D eigenvalue weighted by Crippen LogP contribution is -2.14. The summed E-state index contributed by atoms with van der Waals surface area (Å²) in [6.07, 6.45) is 1.22. The molecule has 0 bridgehead atoms. The van der Waals surface area contributed by atoms with E-state index in [9.17, 15) is 4.39 Å². The zero-order valence-electron chi connectivity index (χ0n) is 6.26. The van der Waals surface area contributed by atoms with Crippen LogP contribution >= 0.6 is 9.24 Å². The molecule has 1 rings (SSSR count). The van der Waals surface area contributed by atoms with Crippen LogP contribution in [0.1, 0.15) is 5.69 Å². The van der Waals surface area contributed by atoms with Crippen LogP contribution in [0.3, 0.4) is 0 Å². The number of aromatic nitrogens is 1. The first-order valence-electron chi connectivity index (χ1n) is 3.28. The molecular formula is C7H10FN2P. The predicted octanol–water partition coefficient (Wildman–Crippen LogP) is 0.440. The number of hydrogen-bond acceptors (Lipinski definition) is 2. The molecule has 0 aliphatic carbocycles. The van der Waals surface area contributed by atoms with E-state index >= 15 is 0 Å². The van der Waals surface area contributed by atoms with Crippen LogP contribution in [0.15, 0.2) is 12.3 Å². The van der Waals surface area contributed by atoms with Crippen molar-refractivity contribution in [3.63, 3.8) is 0 Å². The summed E-state index contributed by atoms with van der Waals surface area (Å²) in [5.74, 6) is -0.296. The van der Waals surface area contributed by atoms with Crippen LogP contribution in [-0.4, -0.2) is 12.0 Å². The molecule has 0 radical (unpaired) electrons. The maximum Gasteiger partial charge on any atom is 0.142 e. The van der Waals surface area contributed by atoms with Crippen LogP contribution in [0.5, 0.6) is 0 Å². The number of hydrogen-bond donors (Lipinski definition) is 1. The fourth-order valence-corrected chi connectivity index (χ4v) is 1.13. The van der Waals surface area contributed by atoms with Crippen LogP contribution < -0.4 is 10.6 Å². The molecule has 60 valence electrons. The summed E-state index contributed by atoms with van der Waals surface area (Å²) in [5, 5.41) is 3.75. The second-order valence-electron chi connectivity index (χ2n) is 2.22. The summed E-state index contributed by atoms with van der Waals surface area (Å²) in [6.45, 7) is 0.666. The quantitative estimate of drug-likeness (QED) is 0.655. The van der Waals surface area contributed by atoms with E-state index in [0.29, 0.717) is 6.54 Å². The Kier molecular flexibility index (Phi) is 2.92. The van der Waals surface area contributed by atoms with Gasteiger partial charge >= 0.3 is 0 Å². The van der Waals surface area contributed by atoms with E-state index in [2.05, 4.69) is 19.5 Å². The number of rotatable bonds is 2. The van der Waals surface area contributed by atoms with Crippen molar-refractivity contribution < 1.29 is 4.39 Å². The van der Waals surface area contributed by atoms with Gasteiger partial charge in [0.25, 0.3) is 0 Å². The van der Waals surface area contributed by atoms with Crippen LogP contribution in [-0.2, 0) is 6.54 Å². The van der Waals surface area contributed by atoms with E-state index in [1.807, 2.05) is 7.05 Å². The molecule has 0 aromatic carbocycles. The van der Waals surface area contributed by atoms with Gasteiger partial charge in [-0.25, -0.2) is 4.39 Å². The largest absolute Gasteiger partial charge is 0.314 e. The predicted molar refractivity (Wildman–Crippen MR) is 46.3 cm³/mol. The summed E-state index contributed by atoms with van der Waals surface area (Å²) >= 11 is 0. The third-order valence-corrected chi connectivity index (χ3v) is 1.81. The van der Waals surface area contributed by atoms with Crippen LogP contribution in [0.25, 0.3) is 0 Å². The molecule has 2 nitrogen and oxygen atoms in total. The van der Waals surface area contributed by atoms with Crippen molar-refractivity contribution in [2.75, 3.05) is 7.05 Å². The Hall–Kier alpha value is -0.530. The van der Waals surface area contributed by atoms with E-state index in [4.69, 9.17) is 0 Å². The molecule has 0 fully saturated rings.